The molecule has 1 rings (SSSR count). The summed E-state index contributed by atoms with van der Waals surface area (Å²) < 4.78 is 25.0. The van der Waals surface area contributed by atoms with Gasteiger partial charge in [0.25, 0.3) is 12.3 Å². The molecule has 0 aliphatic carbocycles. The maximum absolute atomic E-state index is 12.5. The largest absolute Gasteiger partial charge is 0.355 e. The monoisotopic (exact) mass is 213 g/mol. The van der Waals surface area contributed by atoms with Crippen molar-refractivity contribution in [3.05, 3.63) is 34.4 Å². The first-order valence-electron chi connectivity index (χ1n) is 4.59. The molecule has 4 heteroatoms. The number of halogens is 2. The molecular weight excluding hydrogens is 200 g/mol. The summed E-state index contributed by atoms with van der Waals surface area (Å²) in [6, 6.07) is 2.74. The molecule has 0 aliphatic heterocycles. The number of nitrogens with one attached hydrogen (secondary N) is 1. The molecule has 0 heterocycles. The summed E-state index contributed by atoms with van der Waals surface area (Å²) in [5.41, 5.74) is 1.51. The number of amides is 1. The summed E-state index contributed by atoms with van der Waals surface area (Å²) in [6.45, 7) is 3.27. The van der Waals surface area contributed by atoms with Crippen LogP contribution in [0.2, 0.25) is 0 Å². The van der Waals surface area contributed by atoms with Gasteiger partial charge in [-0.1, -0.05) is 6.07 Å². The predicted molar refractivity (Wildman–Crippen MR) is 54.3 cm³/mol. The molecule has 0 fully saturated rings. The summed E-state index contributed by atoms with van der Waals surface area (Å²) in [5, 5.41) is 2.47. The lowest BCUT2D eigenvalue weighted by Gasteiger charge is -2.11. The maximum atomic E-state index is 12.5. The van der Waals surface area contributed by atoms with Gasteiger partial charge in [0, 0.05) is 18.2 Å². The van der Waals surface area contributed by atoms with Crippen LogP contribution in [0.25, 0.3) is 0 Å². The molecule has 1 N–H and O–H groups in total. The van der Waals surface area contributed by atoms with Gasteiger partial charge in [-0.15, -0.1) is 0 Å². The average molecular weight is 213 g/mol. The molecule has 0 spiro atoms. The average Bonchev–Trinajstić information content (AvgIpc) is 2.20. The lowest BCUT2D eigenvalue weighted by atomic mass is 9.98. The molecule has 0 radical (unpaired) electrons. The minimum atomic E-state index is -2.50. The number of carbonyl (C=O) groups is 1. The summed E-state index contributed by atoms with van der Waals surface area (Å²) in [7, 11) is 1.51. The van der Waals surface area contributed by atoms with E-state index in [2.05, 4.69) is 5.32 Å². The summed E-state index contributed by atoms with van der Waals surface area (Å²) in [6.07, 6.45) is -2.50. The van der Waals surface area contributed by atoms with Gasteiger partial charge < -0.3 is 5.32 Å². The van der Waals surface area contributed by atoms with Crippen LogP contribution in [0, 0.1) is 13.8 Å². The van der Waals surface area contributed by atoms with Crippen molar-refractivity contribution in [2.75, 3.05) is 7.05 Å². The Kier molecular flexibility index (Phi) is 3.39. The van der Waals surface area contributed by atoms with E-state index in [1.807, 2.05) is 0 Å². The van der Waals surface area contributed by atoms with Crippen molar-refractivity contribution in [2.24, 2.45) is 0 Å². The van der Waals surface area contributed by atoms with Crippen molar-refractivity contribution in [2.45, 2.75) is 20.3 Å². The molecule has 2 nitrogen and oxygen atoms in total. The van der Waals surface area contributed by atoms with Gasteiger partial charge in [0.1, 0.15) is 0 Å². The molecule has 1 amide bonds. The molecule has 0 saturated heterocycles. The van der Waals surface area contributed by atoms with E-state index < -0.39 is 6.43 Å². The Morgan fingerprint density at radius 2 is 1.87 bits per heavy atom. The zero-order chi connectivity index (χ0) is 11.6. The van der Waals surface area contributed by atoms with Gasteiger partial charge in [0.15, 0.2) is 0 Å². The van der Waals surface area contributed by atoms with Crippen LogP contribution in [-0.4, -0.2) is 13.0 Å². The Hall–Kier alpha value is -1.45. The number of benzene rings is 1. The van der Waals surface area contributed by atoms with Crippen LogP contribution in [0.3, 0.4) is 0 Å². The van der Waals surface area contributed by atoms with Gasteiger partial charge in [-0.05, 0) is 31.0 Å². The number of alkyl halides is 2. The molecular formula is C11H13F2NO. The third-order valence-electron chi connectivity index (χ3n) is 2.54. The fraction of sp³-hybridized carbons (Fsp3) is 0.364. The van der Waals surface area contributed by atoms with E-state index in [0.717, 1.165) is 0 Å². The molecule has 1 aromatic rings. The first-order chi connectivity index (χ1) is 6.99. The molecule has 15 heavy (non-hydrogen) atoms. The smallest absolute Gasteiger partial charge is 0.264 e. The zero-order valence-electron chi connectivity index (χ0n) is 8.90. The van der Waals surface area contributed by atoms with E-state index in [-0.39, 0.29) is 11.5 Å². The van der Waals surface area contributed by atoms with Crippen molar-refractivity contribution in [1.82, 2.24) is 5.32 Å². The van der Waals surface area contributed by atoms with Crippen LogP contribution < -0.4 is 5.32 Å². The van der Waals surface area contributed by atoms with E-state index in [4.69, 9.17) is 0 Å². The standard InChI is InChI=1S/C11H13F2NO/c1-6-7(2)9(11(15)14-3)5-4-8(6)10(12)13/h4-5,10H,1-3H3,(H,14,15). The maximum Gasteiger partial charge on any atom is 0.264 e. The number of rotatable bonds is 2. The summed E-state index contributed by atoms with van der Waals surface area (Å²) in [5.74, 6) is -0.253. The number of hydrogen-bond donors (Lipinski definition) is 1. The van der Waals surface area contributed by atoms with Crippen LogP contribution in [-0.2, 0) is 0 Å². The van der Waals surface area contributed by atoms with E-state index in [0.29, 0.717) is 16.7 Å². The van der Waals surface area contributed by atoms with Gasteiger partial charge in [0.2, 0.25) is 0 Å². The number of hydrogen-bond acceptors (Lipinski definition) is 1. The lowest BCUT2D eigenvalue weighted by molar-refractivity contribution is 0.0961. The molecule has 0 unspecified atom stereocenters. The highest BCUT2D eigenvalue weighted by molar-refractivity contribution is 5.95. The molecule has 0 bridgehead atoms. The van der Waals surface area contributed by atoms with Crippen LogP contribution in [0.4, 0.5) is 8.78 Å². The van der Waals surface area contributed by atoms with Crippen LogP contribution in [0.15, 0.2) is 12.1 Å². The van der Waals surface area contributed by atoms with Crippen molar-refractivity contribution in [3.63, 3.8) is 0 Å². The molecule has 1 aromatic carbocycles. The Bertz CT molecular complexity index is 388. The first-order valence-corrected chi connectivity index (χ1v) is 4.59. The molecule has 0 saturated carbocycles. The van der Waals surface area contributed by atoms with E-state index in [9.17, 15) is 13.6 Å². The van der Waals surface area contributed by atoms with Crippen molar-refractivity contribution in [1.29, 1.82) is 0 Å². The Balaban J connectivity index is 3.27. The van der Waals surface area contributed by atoms with Gasteiger partial charge in [-0.3, -0.25) is 4.79 Å². The van der Waals surface area contributed by atoms with E-state index >= 15 is 0 Å². The number of carbonyl (C=O) groups excluding carboxylic acids is 1. The van der Waals surface area contributed by atoms with Crippen molar-refractivity contribution < 1.29 is 13.6 Å². The van der Waals surface area contributed by atoms with Crippen LogP contribution in [0.1, 0.15) is 33.5 Å². The van der Waals surface area contributed by atoms with Crippen LogP contribution in [0.5, 0.6) is 0 Å². The van der Waals surface area contributed by atoms with Gasteiger partial charge in [-0.25, -0.2) is 8.78 Å². The highest BCUT2D eigenvalue weighted by Gasteiger charge is 2.16. The van der Waals surface area contributed by atoms with E-state index in [1.54, 1.807) is 13.8 Å². The fourth-order valence-corrected chi connectivity index (χ4v) is 1.46. The molecule has 0 aliphatic rings. The third-order valence-corrected chi connectivity index (χ3v) is 2.54. The molecule has 82 valence electrons. The zero-order valence-corrected chi connectivity index (χ0v) is 8.90. The van der Waals surface area contributed by atoms with Gasteiger partial charge in [0.05, 0.1) is 0 Å². The molecule has 0 atom stereocenters. The SMILES string of the molecule is CNC(=O)c1ccc(C(F)F)c(C)c1C. The minimum Gasteiger partial charge on any atom is -0.355 e. The van der Waals surface area contributed by atoms with Gasteiger partial charge >= 0.3 is 0 Å². The predicted octanol–water partition coefficient (Wildman–Crippen LogP) is 2.60. The minimum absolute atomic E-state index is 0.0137. The second-order valence-electron chi connectivity index (χ2n) is 3.33. The third kappa shape index (κ3) is 2.14. The topological polar surface area (TPSA) is 29.1 Å². The second kappa shape index (κ2) is 4.38. The normalized spacial score (nSPS) is 10.5. The quantitative estimate of drug-likeness (QED) is 0.803. The van der Waals surface area contributed by atoms with Crippen molar-refractivity contribution >= 4 is 5.91 Å². The fourth-order valence-electron chi connectivity index (χ4n) is 1.46. The summed E-state index contributed by atoms with van der Waals surface area (Å²) >= 11 is 0. The van der Waals surface area contributed by atoms with Gasteiger partial charge in [-0.2, -0.15) is 0 Å². The van der Waals surface area contributed by atoms with Crippen LogP contribution >= 0.6 is 0 Å². The second-order valence-corrected chi connectivity index (χ2v) is 3.33. The highest BCUT2D eigenvalue weighted by Crippen LogP contribution is 2.26. The molecule has 0 aromatic heterocycles. The van der Waals surface area contributed by atoms with Crippen molar-refractivity contribution in [3.8, 4) is 0 Å². The lowest BCUT2D eigenvalue weighted by Crippen LogP contribution is -2.19. The first kappa shape index (κ1) is 11.6. The van der Waals surface area contributed by atoms with E-state index in [1.165, 1.54) is 19.2 Å². The Morgan fingerprint density at radius 1 is 1.27 bits per heavy atom. The summed E-state index contributed by atoms with van der Waals surface area (Å²) in [4.78, 5) is 11.4. The highest BCUT2D eigenvalue weighted by atomic mass is 19.3. The Morgan fingerprint density at radius 3 is 2.33 bits per heavy atom. The Labute approximate surface area is 87.3 Å².